The molecule has 0 aromatic heterocycles. The molecule has 0 aliphatic rings. The Labute approximate surface area is 275 Å². The molecule has 0 atom stereocenters. The van der Waals surface area contributed by atoms with Crippen LogP contribution >= 0.6 is 0 Å². The Kier molecular flexibility index (Phi) is 11.8. The van der Waals surface area contributed by atoms with Gasteiger partial charge in [-0.05, 0) is 79.3 Å². The molecule has 0 amide bonds. The summed E-state index contributed by atoms with van der Waals surface area (Å²) in [7, 11) is 0. The Morgan fingerprint density at radius 1 is 0.562 bits per heavy atom. The Bertz CT molecular complexity index is 1840. The van der Waals surface area contributed by atoms with Crippen molar-refractivity contribution in [3.8, 4) is 22.6 Å². The van der Waals surface area contributed by atoms with Gasteiger partial charge in [0.1, 0.15) is 11.5 Å². The molecular formula is C37H32O11. The third-order valence-corrected chi connectivity index (χ3v) is 7.30. The third kappa shape index (κ3) is 9.16. The largest absolute Gasteiger partial charge is 0.494 e. The lowest BCUT2D eigenvalue weighted by Gasteiger charge is -2.15. The smallest absolute Gasteiger partial charge is 0.336 e. The zero-order valence-corrected chi connectivity index (χ0v) is 25.6. The summed E-state index contributed by atoms with van der Waals surface area (Å²) in [5.74, 6) is -5.31. The number of allylic oxidation sites excluding steroid dienone is 1. The number of carbonyl (C=O) groups is 5. The monoisotopic (exact) mass is 652 g/mol. The Hall–Kier alpha value is -6.23. The maximum Gasteiger partial charge on any atom is 0.336 e. The van der Waals surface area contributed by atoms with Gasteiger partial charge >= 0.3 is 23.9 Å². The molecule has 0 unspecified atom stereocenters. The van der Waals surface area contributed by atoms with E-state index in [1.54, 1.807) is 18.2 Å². The van der Waals surface area contributed by atoms with Crippen LogP contribution in [0.5, 0.6) is 11.5 Å². The van der Waals surface area contributed by atoms with E-state index in [1.165, 1.54) is 12.1 Å². The van der Waals surface area contributed by atoms with Gasteiger partial charge in [-0.3, -0.25) is 4.79 Å². The summed E-state index contributed by atoms with van der Waals surface area (Å²) in [6.07, 6.45) is 6.14. The molecular weight excluding hydrogens is 620 g/mol. The summed E-state index contributed by atoms with van der Waals surface area (Å²) in [6.45, 7) is 0.629. The van der Waals surface area contributed by atoms with E-state index >= 15 is 0 Å². The highest BCUT2D eigenvalue weighted by atomic mass is 16.5. The van der Waals surface area contributed by atoms with Crippen LogP contribution in [0.1, 0.15) is 83.0 Å². The standard InChI is InChI=1S/C37H32O11/c38-32(24-8-4-3-5-9-24)17-12-23-10-14-26(15-11-23)47-18-6-1-2-7-19-48-33-22-31(37(45)46)30(36(43)44)21-28(33)25-13-16-27(34(39)40)29(20-25)35(41)42/h3-5,8-17,20-22H,1-2,6-7,18-19H2,(H,39,40)(H,41,42)(H,43,44)(H,45,46). The first-order chi connectivity index (χ1) is 23.0. The van der Waals surface area contributed by atoms with Gasteiger partial charge in [-0.2, -0.15) is 0 Å². The van der Waals surface area contributed by atoms with Crippen molar-refractivity contribution < 1.29 is 53.9 Å². The summed E-state index contributed by atoms with van der Waals surface area (Å²) in [6, 6.07) is 22.0. The topological polar surface area (TPSA) is 185 Å². The van der Waals surface area contributed by atoms with Crippen molar-refractivity contribution in [1.82, 2.24) is 0 Å². The number of hydrogen-bond acceptors (Lipinski definition) is 7. The zero-order valence-electron chi connectivity index (χ0n) is 25.6. The molecule has 0 aliphatic heterocycles. The number of carboxylic acid groups (broad SMARTS) is 4. The molecule has 4 N–H and O–H groups in total. The van der Waals surface area contributed by atoms with Crippen molar-refractivity contribution >= 4 is 35.7 Å². The van der Waals surface area contributed by atoms with Crippen molar-refractivity contribution in [3.05, 3.63) is 124 Å². The van der Waals surface area contributed by atoms with Gasteiger partial charge in [0, 0.05) is 11.1 Å². The number of ketones is 1. The van der Waals surface area contributed by atoms with E-state index in [0.29, 0.717) is 24.3 Å². The first-order valence-electron chi connectivity index (χ1n) is 14.9. The van der Waals surface area contributed by atoms with Gasteiger partial charge in [-0.1, -0.05) is 54.6 Å². The molecule has 246 valence electrons. The fourth-order valence-electron chi connectivity index (χ4n) is 4.83. The van der Waals surface area contributed by atoms with E-state index in [1.807, 2.05) is 42.5 Å². The van der Waals surface area contributed by atoms with E-state index in [4.69, 9.17) is 9.47 Å². The fraction of sp³-hybridized carbons (Fsp3) is 0.162. The molecule has 0 bridgehead atoms. The number of unbranched alkanes of at least 4 members (excludes halogenated alkanes) is 3. The summed E-state index contributed by atoms with van der Waals surface area (Å²) >= 11 is 0. The van der Waals surface area contributed by atoms with Crippen LogP contribution in [0.25, 0.3) is 17.2 Å². The highest BCUT2D eigenvalue weighted by Crippen LogP contribution is 2.35. The van der Waals surface area contributed by atoms with Crippen LogP contribution in [0, 0.1) is 0 Å². The van der Waals surface area contributed by atoms with Gasteiger partial charge in [-0.25, -0.2) is 19.2 Å². The molecule has 0 aliphatic carbocycles. The molecule has 11 heteroatoms. The Morgan fingerprint density at radius 3 is 1.73 bits per heavy atom. The summed E-state index contributed by atoms with van der Waals surface area (Å²) < 4.78 is 11.7. The van der Waals surface area contributed by atoms with Gasteiger partial charge in [0.25, 0.3) is 0 Å². The second-order valence-electron chi connectivity index (χ2n) is 10.6. The van der Waals surface area contributed by atoms with Gasteiger partial charge < -0.3 is 29.9 Å². The maximum absolute atomic E-state index is 12.2. The lowest BCUT2D eigenvalue weighted by molar-refractivity contribution is 0.0651. The van der Waals surface area contributed by atoms with Crippen LogP contribution < -0.4 is 9.47 Å². The van der Waals surface area contributed by atoms with Gasteiger partial charge in [0.15, 0.2) is 5.78 Å². The Morgan fingerprint density at radius 2 is 1.12 bits per heavy atom. The van der Waals surface area contributed by atoms with E-state index < -0.39 is 46.1 Å². The van der Waals surface area contributed by atoms with Gasteiger partial charge in [0.2, 0.25) is 0 Å². The van der Waals surface area contributed by atoms with Crippen molar-refractivity contribution in [3.63, 3.8) is 0 Å². The zero-order chi connectivity index (χ0) is 34.6. The second kappa shape index (κ2) is 16.4. The van der Waals surface area contributed by atoms with Crippen molar-refractivity contribution in [1.29, 1.82) is 0 Å². The molecule has 48 heavy (non-hydrogen) atoms. The van der Waals surface area contributed by atoms with Crippen molar-refractivity contribution in [2.24, 2.45) is 0 Å². The molecule has 0 fully saturated rings. The second-order valence-corrected chi connectivity index (χ2v) is 10.6. The molecule has 0 heterocycles. The first kappa shape index (κ1) is 34.6. The minimum absolute atomic E-state index is 0.0165. The van der Waals surface area contributed by atoms with Gasteiger partial charge in [0.05, 0.1) is 35.5 Å². The highest BCUT2D eigenvalue weighted by Gasteiger charge is 2.23. The van der Waals surface area contributed by atoms with Crippen molar-refractivity contribution in [2.75, 3.05) is 13.2 Å². The van der Waals surface area contributed by atoms with Gasteiger partial charge in [-0.15, -0.1) is 0 Å². The summed E-state index contributed by atoms with van der Waals surface area (Å²) in [4.78, 5) is 59.1. The van der Waals surface area contributed by atoms with E-state index in [9.17, 15) is 44.4 Å². The predicted octanol–water partition coefficient (Wildman–Crippen LogP) is 7.06. The molecule has 0 radical (unpaired) electrons. The number of carbonyl (C=O) groups excluding carboxylic acids is 1. The van der Waals surface area contributed by atoms with Crippen molar-refractivity contribution in [2.45, 2.75) is 25.7 Å². The minimum Gasteiger partial charge on any atom is -0.494 e. The maximum atomic E-state index is 12.2. The number of aromatic carboxylic acids is 4. The van der Waals surface area contributed by atoms with Crippen LogP contribution in [0.2, 0.25) is 0 Å². The highest BCUT2D eigenvalue weighted by molar-refractivity contribution is 6.07. The SMILES string of the molecule is O=C(C=Cc1ccc(OCCCCCCOc2cc(C(=O)O)c(C(=O)O)cc2-c2ccc(C(=O)O)c(C(=O)O)c2)cc1)c1ccccc1. The molecule has 11 nitrogen and oxygen atoms in total. The third-order valence-electron chi connectivity index (χ3n) is 7.30. The molecule has 0 saturated carbocycles. The normalized spacial score (nSPS) is 10.8. The number of benzene rings is 4. The Balaban J connectivity index is 1.31. The minimum atomic E-state index is -1.51. The van der Waals surface area contributed by atoms with Crippen LogP contribution in [-0.4, -0.2) is 63.3 Å². The number of ether oxygens (including phenoxy) is 2. The quantitative estimate of drug-likeness (QED) is 0.0520. The summed E-state index contributed by atoms with van der Waals surface area (Å²) in [5.41, 5.74) is -0.287. The van der Waals surface area contributed by atoms with E-state index in [0.717, 1.165) is 49.1 Å². The van der Waals surface area contributed by atoms with Crippen LogP contribution in [0.3, 0.4) is 0 Å². The number of rotatable bonds is 17. The molecule has 0 saturated heterocycles. The first-order valence-corrected chi connectivity index (χ1v) is 14.9. The van der Waals surface area contributed by atoms with Crippen LogP contribution in [-0.2, 0) is 0 Å². The number of carboxylic acids is 4. The molecule has 4 aromatic carbocycles. The summed E-state index contributed by atoms with van der Waals surface area (Å²) in [5, 5.41) is 38.1. The predicted molar refractivity (Wildman–Crippen MR) is 175 cm³/mol. The van der Waals surface area contributed by atoms with E-state index in [-0.39, 0.29) is 29.3 Å². The molecule has 4 aromatic rings. The van der Waals surface area contributed by atoms with Crippen LogP contribution in [0.4, 0.5) is 0 Å². The molecule has 4 rings (SSSR count). The lowest BCUT2D eigenvalue weighted by atomic mass is 9.95. The van der Waals surface area contributed by atoms with E-state index in [2.05, 4.69) is 0 Å². The molecule has 0 spiro atoms. The fourth-order valence-corrected chi connectivity index (χ4v) is 4.83. The van der Waals surface area contributed by atoms with Crippen LogP contribution in [0.15, 0.2) is 91.0 Å². The average Bonchev–Trinajstić information content (AvgIpc) is 3.08. The average molecular weight is 653 g/mol. The number of hydrogen-bond donors (Lipinski definition) is 4. The lowest BCUT2D eigenvalue weighted by Crippen LogP contribution is -2.11.